The summed E-state index contributed by atoms with van der Waals surface area (Å²) in [6.07, 6.45) is 8.49. The summed E-state index contributed by atoms with van der Waals surface area (Å²) in [6.45, 7) is 1.12. The van der Waals surface area contributed by atoms with Gasteiger partial charge in [-0.1, -0.05) is 11.6 Å². The number of nitrogens with two attached hydrogens (primary N) is 1. The van der Waals surface area contributed by atoms with Crippen LogP contribution in [0.15, 0.2) is 31.0 Å². The molecule has 8 heteroatoms. The molecule has 7 nitrogen and oxygen atoms in total. The second-order valence-corrected chi connectivity index (χ2v) is 4.98. The zero-order chi connectivity index (χ0) is 14.8. The molecule has 0 aliphatic heterocycles. The van der Waals surface area contributed by atoms with Gasteiger partial charge in [0, 0.05) is 25.1 Å². The highest BCUT2D eigenvalue weighted by molar-refractivity contribution is 6.31. The maximum Gasteiger partial charge on any atom is 0.0896 e. The van der Waals surface area contributed by atoms with Crippen molar-refractivity contribution in [2.24, 2.45) is 5.73 Å². The third-order valence-corrected chi connectivity index (χ3v) is 3.62. The third-order valence-electron chi connectivity index (χ3n) is 3.32. The van der Waals surface area contributed by atoms with Gasteiger partial charge in [-0.3, -0.25) is 9.67 Å². The summed E-state index contributed by atoms with van der Waals surface area (Å²) < 4.78 is 8.57. The Balaban J connectivity index is 2.02. The van der Waals surface area contributed by atoms with Crippen LogP contribution >= 0.6 is 11.6 Å². The smallest absolute Gasteiger partial charge is 0.0896 e. The molecule has 0 bridgehead atoms. The van der Waals surface area contributed by atoms with Crippen LogP contribution in [0.1, 0.15) is 17.3 Å². The number of hydrogen-bond donors (Lipinski definition) is 1. The summed E-state index contributed by atoms with van der Waals surface area (Å²) in [6, 6.07) is -0.432. The molecule has 21 heavy (non-hydrogen) atoms. The first kappa shape index (κ1) is 14.0. The highest BCUT2D eigenvalue weighted by atomic mass is 35.5. The minimum Gasteiger partial charge on any atom is -0.383 e. The number of methoxy groups -OCH3 is 1. The normalized spacial score (nSPS) is 12.9. The number of nitrogens with zero attached hydrogens (tertiary/aromatic N) is 5. The zero-order valence-corrected chi connectivity index (χ0v) is 12.2. The van der Waals surface area contributed by atoms with Gasteiger partial charge in [0.05, 0.1) is 54.0 Å². The van der Waals surface area contributed by atoms with Gasteiger partial charge in [-0.05, 0) is 0 Å². The van der Waals surface area contributed by atoms with E-state index in [-0.39, 0.29) is 0 Å². The molecule has 2 N–H and O–H groups in total. The Labute approximate surface area is 126 Å². The number of fused-ring (bicyclic) bond motifs is 1. The summed E-state index contributed by atoms with van der Waals surface area (Å²) in [4.78, 5) is 4.11. The van der Waals surface area contributed by atoms with Crippen molar-refractivity contribution in [2.45, 2.75) is 12.6 Å². The quantitative estimate of drug-likeness (QED) is 0.767. The maximum absolute atomic E-state index is 6.38. The van der Waals surface area contributed by atoms with Gasteiger partial charge in [-0.15, -0.1) is 0 Å². The highest BCUT2D eigenvalue weighted by Gasteiger charge is 2.21. The Kier molecular flexibility index (Phi) is 3.87. The van der Waals surface area contributed by atoms with E-state index in [1.807, 2.05) is 0 Å². The summed E-state index contributed by atoms with van der Waals surface area (Å²) in [7, 11) is 1.64. The van der Waals surface area contributed by atoms with E-state index in [1.165, 1.54) is 0 Å². The Morgan fingerprint density at radius 2 is 2.19 bits per heavy atom. The molecule has 0 aliphatic carbocycles. The molecule has 1 atom stereocenters. The van der Waals surface area contributed by atoms with Crippen LogP contribution in [0.3, 0.4) is 0 Å². The van der Waals surface area contributed by atoms with Crippen molar-refractivity contribution in [1.82, 2.24) is 24.4 Å². The number of ether oxygens (including phenoxy) is 1. The largest absolute Gasteiger partial charge is 0.383 e. The minimum absolute atomic E-state index is 0.432. The number of aromatic nitrogens is 5. The molecular weight excluding hydrogens is 292 g/mol. The van der Waals surface area contributed by atoms with Gasteiger partial charge in [0.1, 0.15) is 0 Å². The fourth-order valence-corrected chi connectivity index (χ4v) is 2.54. The van der Waals surface area contributed by atoms with Crippen LogP contribution in [0.25, 0.3) is 5.52 Å². The van der Waals surface area contributed by atoms with E-state index in [9.17, 15) is 0 Å². The highest BCUT2D eigenvalue weighted by Crippen LogP contribution is 2.28. The van der Waals surface area contributed by atoms with Gasteiger partial charge in [0.25, 0.3) is 0 Å². The zero-order valence-electron chi connectivity index (χ0n) is 11.5. The average Bonchev–Trinajstić information content (AvgIpc) is 3.08. The van der Waals surface area contributed by atoms with E-state index < -0.39 is 6.04 Å². The van der Waals surface area contributed by atoms with Crippen molar-refractivity contribution in [3.8, 4) is 0 Å². The van der Waals surface area contributed by atoms with Crippen LogP contribution in [-0.2, 0) is 11.3 Å². The Morgan fingerprint density at radius 3 is 3.00 bits per heavy atom. The lowest BCUT2D eigenvalue weighted by Crippen LogP contribution is -2.19. The van der Waals surface area contributed by atoms with E-state index >= 15 is 0 Å². The molecule has 0 aromatic carbocycles. The summed E-state index contributed by atoms with van der Waals surface area (Å²) in [5, 5.41) is 9.05. The molecule has 3 rings (SSSR count). The molecular formula is C13H15ClN6O. The third kappa shape index (κ3) is 2.51. The Morgan fingerprint density at radius 1 is 1.33 bits per heavy atom. The molecule has 0 aliphatic rings. The maximum atomic E-state index is 6.38. The molecule has 3 heterocycles. The summed E-state index contributed by atoms with van der Waals surface area (Å²) >= 11 is 6.24. The molecule has 110 valence electrons. The first-order valence-electron chi connectivity index (χ1n) is 6.45. The van der Waals surface area contributed by atoms with Gasteiger partial charge in [0.15, 0.2) is 0 Å². The lowest BCUT2D eigenvalue weighted by atomic mass is 10.1. The van der Waals surface area contributed by atoms with Crippen molar-refractivity contribution >= 4 is 17.1 Å². The molecule has 3 aromatic rings. The average molecular weight is 307 g/mol. The first-order valence-corrected chi connectivity index (χ1v) is 6.83. The van der Waals surface area contributed by atoms with Gasteiger partial charge in [-0.25, -0.2) is 4.52 Å². The van der Waals surface area contributed by atoms with Crippen molar-refractivity contribution in [1.29, 1.82) is 0 Å². The van der Waals surface area contributed by atoms with Gasteiger partial charge in [-0.2, -0.15) is 10.2 Å². The van der Waals surface area contributed by atoms with Crippen molar-refractivity contribution in [2.75, 3.05) is 13.7 Å². The van der Waals surface area contributed by atoms with E-state index in [4.69, 9.17) is 22.1 Å². The predicted molar refractivity (Wildman–Crippen MR) is 78.1 cm³/mol. The first-order chi connectivity index (χ1) is 10.2. The van der Waals surface area contributed by atoms with E-state index in [0.717, 1.165) is 16.8 Å². The van der Waals surface area contributed by atoms with Crippen molar-refractivity contribution in [3.63, 3.8) is 0 Å². The standard InChI is InChI=1S/C13H15ClN6O/c1-21-5-4-20-13(10(14)7-18-20)12(15)9-6-17-19-3-2-16-8-11(9)19/h2-3,6-8,12H,4-5,15H2,1H3. The van der Waals surface area contributed by atoms with E-state index in [1.54, 1.807) is 47.3 Å². The van der Waals surface area contributed by atoms with Crippen LogP contribution in [0.5, 0.6) is 0 Å². The topological polar surface area (TPSA) is 83.3 Å². The van der Waals surface area contributed by atoms with Crippen molar-refractivity contribution in [3.05, 3.63) is 47.3 Å². The SMILES string of the molecule is COCCn1ncc(Cl)c1C(N)c1cnn2ccncc12. The molecule has 0 spiro atoms. The van der Waals surface area contributed by atoms with Crippen LogP contribution in [0.4, 0.5) is 0 Å². The second kappa shape index (κ2) is 5.80. The molecule has 1 unspecified atom stereocenters. The Bertz CT molecular complexity index is 752. The molecule has 0 amide bonds. The second-order valence-electron chi connectivity index (χ2n) is 4.58. The van der Waals surface area contributed by atoms with Gasteiger partial charge < -0.3 is 10.5 Å². The van der Waals surface area contributed by atoms with Crippen LogP contribution < -0.4 is 5.73 Å². The Hall–Kier alpha value is -1.96. The van der Waals surface area contributed by atoms with Crippen molar-refractivity contribution < 1.29 is 4.74 Å². The molecule has 0 fully saturated rings. The van der Waals surface area contributed by atoms with Crippen LogP contribution in [0, 0.1) is 0 Å². The van der Waals surface area contributed by atoms with Crippen LogP contribution in [-0.4, -0.2) is 38.1 Å². The summed E-state index contributed by atoms with van der Waals surface area (Å²) in [5.74, 6) is 0. The molecule has 0 radical (unpaired) electrons. The minimum atomic E-state index is -0.432. The lowest BCUT2D eigenvalue weighted by Gasteiger charge is -2.14. The molecule has 3 aromatic heterocycles. The van der Waals surface area contributed by atoms with Gasteiger partial charge >= 0.3 is 0 Å². The fraction of sp³-hybridized carbons (Fsp3) is 0.308. The van der Waals surface area contributed by atoms with E-state index in [2.05, 4.69) is 15.2 Å². The van der Waals surface area contributed by atoms with Gasteiger partial charge in [0.2, 0.25) is 0 Å². The van der Waals surface area contributed by atoms with Crippen LogP contribution in [0.2, 0.25) is 5.02 Å². The molecule has 0 saturated carbocycles. The number of rotatable bonds is 5. The summed E-state index contributed by atoms with van der Waals surface area (Å²) in [5.41, 5.74) is 8.82. The lowest BCUT2D eigenvalue weighted by molar-refractivity contribution is 0.182. The molecule has 0 saturated heterocycles. The van der Waals surface area contributed by atoms with E-state index in [0.29, 0.717) is 18.2 Å². The monoisotopic (exact) mass is 306 g/mol. The number of halogens is 1. The number of hydrogen-bond acceptors (Lipinski definition) is 5. The predicted octanol–water partition coefficient (Wildman–Crippen LogP) is 1.27. The fourth-order valence-electron chi connectivity index (χ4n) is 2.28.